The summed E-state index contributed by atoms with van der Waals surface area (Å²) in [7, 11) is 0. The number of fused-ring (bicyclic) bond motifs is 1. The van der Waals surface area contributed by atoms with E-state index in [9.17, 15) is 14.4 Å². The van der Waals surface area contributed by atoms with Gasteiger partial charge in [-0.25, -0.2) is 4.79 Å². The maximum atomic E-state index is 12.7. The SMILES string of the molecule is CCN(C(=O)[C@H](C)OC(=O)c1cc(=O)c2ccccc2o1)c1ccccc1. The van der Waals surface area contributed by atoms with Gasteiger partial charge in [0.15, 0.2) is 11.5 Å². The number of benzene rings is 2. The van der Waals surface area contributed by atoms with Gasteiger partial charge in [-0.15, -0.1) is 0 Å². The van der Waals surface area contributed by atoms with Crippen LogP contribution in [0, 0.1) is 0 Å². The van der Waals surface area contributed by atoms with Crippen LogP contribution >= 0.6 is 0 Å². The van der Waals surface area contributed by atoms with Gasteiger partial charge >= 0.3 is 5.97 Å². The molecule has 0 aliphatic carbocycles. The Morgan fingerprint density at radius 2 is 1.74 bits per heavy atom. The molecule has 0 radical (unpaired) electrons. The molecule has 0 saturated carbocycles. The smallest absolute Gasteiger partial charge is 0.375 e. The second kappa shape index (κ2) is 7.86. The van der Waals surface area contributed by atoms with Gasteiger partial charge in [0.05, 0.1) is 5.39 Å². The minimum absolute atomic E-state index is 0.235. The summed E-state index contributed by atoms with van der Waals surface area (Å²) in [5, 5.41) is 0.374. The summed E-state index contributed by atoms with van der Waals surface area (Å²) >= 11 is 0. The molecule has 3 rings (SSSR count). The second-order valence-corrected chi connectivity index (χ2v) is 5.94. The fraction of sp³-hybridized carbons (Fsp3) is 0.190. The van der Waals surface area contributed by atoms with Gasteiger partial charge in [-0.2, -0.15) is 0 Å². The first-order valence-electron chi connectivity index (χ1n) is 8.61. The Kier molecular flexibility index (Phi) is 5.35. The van der Waals surface area contributed by atoms with E-state index in [2.05, 4.69) is 0 Å². The first kappa shape index (κ1) is 18.4. The van der Waals surface area contributed by atoms with E-state index in [1.54, 1.807) is 36.4 Å². The lowest BCUT2D eigenvalue weighted by Gasteiger charge is -2.24. The van der Waals surface area contributed by atoms with Crippen molar-refractivity contribution in [3.63, 3.8) is 0 Å². The highest BCUT2D eigenvalue weighted by molar-refractivity contribution is 5.98. The third kappa shape index (κ3) is 3.89. The largest absolute Gasteiger partial charge is 0.449 e. The quantitative estimate of drug-likeness (QED) is 0.648. The van der Waals surface area contributed by atoms with Gasteiger partial charge in [0.25, 0.3) is 5.91 Å². The van der Waals surface area contributed by atoms with Crippen LogP contribution < -0.4 is 10.3 Å². The van der Waals surface area contributed by atoms with E-state index in [0.717, 1.165) is 6.07 Å². The molecule has 0 N–H and O–H groups in total. The molecule has 6 heteroatoms. The van der Waals surface area contributed by atoms with Gasteiger partial charge in [-0.3, -0.25) is 9.59 Å². The predicted molar refractivity (Wildman–Crippen MR) is 102 cm³/mol. The lowest BCUT2D eigenvalue weighted by Crippen LogP contribution is -2.40. The Morgan fingerprint density at radius 1 is 1.07 bits per heavy atom. The molecule has 2 aromatic carbocycles. The average Bonchev–Trinajstić information content (AvgIpc) is 2.69. The van der Waals surface area contributed by atoms with Crippen LogP contribution in [-0.2, 0) is 9.53 Å². The van der Waals surface area contributed by atoms with Crippen molar-refractivity contribution in [3.05, 3.63) is 76.6 Å². The predicted octanol–water partition coefficient (Wildman–Crippen LogP) is 3.39. The zero-order valence-electron chi connectivity index (χ0n) is 15.0. The monoisotopic (exact) mass is 365 g/mol. The van der Waals surface area contributed by atoms with Crippen molar-refractivity contribution in [2.24, 2.45) is 0 Å². The van der Waals surface area contributed by atoms with E-state index in [1.165, 1.54) is 11.8 Å². The van der Waals surface area contributed by atoms with Gasteiger partial charge in [-0.1, -0.05) is 30.3 Å². The number of anilines is 1. The van der Waals surface area contributed by atoms with E-state index >= 15 is 0 Å². The van der Waals surface area contributed by atoms with Gasteiger partial charge in [0.1, 0.15) is 5.58 Å². The zero-order chi connectivity index (χ0) is 19.4. The highest BCUT2D eigenvalue weighted by Crippen LogP contribution is 2.17. The third-order valence-electron chi connectivity index (χ3n) is 4.12. The summed E-state index contributed by atoms with van der Waals surface area (Å²) in [5.41, 5.74) is 0.655. The van der Waals surface area contributed by atoms with Crippen LogP contribution in [0.5, 0.6) is 0 Å². The zero-order valence-corrected chi connectivity index (χ0v) is 15.0. The molecule has 1 atom stereocenters. The molecule has 0 aliphatic rings. The Labute approximate surface area is 156 Å². The summed E-state index contributed by atoms with van der Waals surface area (Å²) < 4.78 is 10.7. The molecule has 0 spiro atoms. The molecule has 0 aliphatic heterocycles. The topological polar surface area (TPSA) is 76.8 Å². The third-order valence-corrected chi connectivity index (χ3v) is 4.12. The number of hydrogen-bond donors (Lipinski definition) is 0. The van der Waals surface area contributed by atoms with Crippen LogP contribution in [0.2, 0.25) is 0 Å². The summed E-state index contributed by atoms with van der Waals surface area (Å²) in [6.07, 6.45) is -1.03. The van der Waals surface area contributed by atoms with Gasteiger partial charge in [0, 0.05) is 18.3 Å². The first-order valence-corrected chi connectivity index (χ1v) is 8.61. The van der Waals surface area contributed by atoms with Crippen molar-refractivity contribution in [3.8, 4) is 0 Å². The molecule has 0 bridgehead atoms. The number of ether oxygens (including phenoxy) is 1. The molecule has 3 aromatic rings. The normalized spacial score (nSPS) is 11.8. The standard InChI is InChI=1S/C21H19NO5/c1-3-22(15-9-5-4-6-10-15)20(24)14(2)26-21(25)19-13-17(23)16-11-7-8-12-18(16)27-19/h4-14H,3H2,1-2H3/t14-/m0/s1. The van der Waals surface area contributed by atoms with Crippen molar-refractivity contribution < 1.29 is 18.7 Å². The van der Waals surface area contributed by atoms with E-state index in [-0.39, 0.29) is 22.7 Å². The Morgan fingerprint density at radius 3 is 2.44 bits per heavy atom. The number of amides is 1. The molecule has 0 unspecified atom stereocenters. The molecule has 1 aromatic heterocycles. The Hall–Kier alpha value is -3.41. The molecular formula is C21H19NO5. The van der Waals surface area contributed by atoms with Crippen LogP contribution in [0.4, 0.5) is 5.69 Å². The number of esters is 1. The minimum atomic E-state index is -1.03. The fourth-order valence-electron chi connectivity index (χ4n) is 2.77. The van der Waals surface area contributed by atoms with E-state index in [1.807, 2.05) is 25.1 Å². The number of rotatable bonds is 5. The van der Waals surface area contributed by atoms with Crippen LogP contribution in [-0.4, -0.2) is 24.5 Å². The lowest BCUT2D eigenvalue weighted by molar-refractivity contribution is -0.126. The summed E-state index contributed by atoms with van der Waals surface area (Å²) in [6.45, 7) is 3.75. The lowest BCUT2D eigenvalue weighted by atomic mass is 10.2. The summed E-state index contributed by atoms with van der Waals surface area (Å²) in [6, 6.07) is 16.8. The fourth-order valence-corrected chi connectivity index (χ4v) is 2.77. The van der Waals surface area contributed by atoms with Crippen molar-refractivity contribution >= 4 is 28.5 Å². The summed E-state index contributed by atoms with van der Waals surface area (Å²) in [4.78, 5) is 38.7. The Balaban J connectivity index is 1.79. The van der Waals surface area contributed by atoms with E-state index in [0.29, 0.717) is 17.6 Å². The molecule has 0 saturated heterocycles. The highest BCUT2D eigenvalue weighted by Gasteiger charge is 2.25. The highest BCUT2D eigenvalue weighted by atomic mass is 16.6. The summed E-state index contributed by atoms with van der Waals surface area (Å²) in [5.74, 6) is -1.45. The molecule has 0 fully saturated rings. The van der Waals surface area contributed by atoms with Crippen LogP contribution in [0.15, 0.2) is 69.9 Å². The molecular weight excluding hydrogens is 346 g/mol. The number of para-hydroxylation sites is 2. The molecule has 6 nitrogen and oxygen atoms in total. The molecule has 1 heterocycles. The number of hydrogen-bond acceptors (Lipinski definition) is 5. The first-order chi connectivity index (χ1) is 13.0. The van der Waals surface area contributed by atoms with E-state index in [4.69, 9.17) is 9.15 Å². The molecule has 138 valence electrons. The minimum Gasteiger partial charge on any atom is -0.449 e. The Bertz CT molecular complexity index is 1030. The van der Waals surface area contributed by atoms with Crippen LogP contribution in [0.25, 0.3) is 11.0 Å². The van der Waals surface area contributed by atoms with Crippen molar-refractivity contribution in [2.45, 2.75) is 20.0 Å². The number of likely N-dealkylation sites (N-methyl/N-ethyl adjacent to an activating group) is 1. The maximum Gasteiger partial charge on any atom is 0.375 e. The second-order valence-electron chi connectivity index (χ2n) is 5.94. The van der Waals surface area contributed by atoms with Gasteiger partial charge < -0.3 is 14.1 Å². The van der Waals surface area contributed by atoms with E-state index < -0.39 is 12.1 Å². The van der Waals surface area contributed by atoms with Crippen LogP contribution in [0.3, 0.4) is 0 Å². The molecule has 1 amide bonds. The number of nitrogens with zero attached hydrogens (tertiary/aromatic N) is 1. The van der Waals surface area contributed by atoms with Crippen molar-refractivity contribution in [1.82, 2.24) is 0 Å². The molecule has 27 heavy (non-hydrogen) atoms. The maximum absolute atomic E-state index is 12.7. The van der Waals surface area contributed by atoms with Crippen molar-refractivity contribution in [1.29, 1.82) is 0 Å². The van der Waals surface area contributed by atoms with Gasteiger partial charge in [0.2, 0.25) is 5.76 Å². The van der Waals surface area contributed by atoms with Crippen molar-refractivity contribution in [2.75, 3.05) is 11.4 Å². The van der Waals surface area contributed by atoms with Gasteiger partial charge in [-0.05, 0) is 38.1 Å². The average molecular weight is 365 g/mol. The number of carbonyl (C=O) groups excluding carboxylic acids is 2. The van der Waals surface area contributed by atoms with Crippen LogP contribution in [0.1, 0.15) is 24.4 Å². The number of carbonyl (C=O) groups is 2.